The number of benzene rings is 1. The predicted molar refractivity (Wildman–Crippen MR) is 139 cm³/mol. The maximum Gasteiger partial charge on any atom is 0.240 e. The maximum atomic E-state index is 12.8. The fourth-order valence-corrected chi connectivity index (χ4v) is 7.56. The molecular formula is C25H26N8OS2. The average molecular weight is 519 g/mol. The third-order valence-electron chi connectivity index (χ3n) is 7.82. The Hall–Kier alpha value is -2.60. The Morgan fingerprint density at radius 1 is 1.06 bits per heavy atom. The van der Waals surface area contributed by atoms with Crippen LogP contribution in [0.25, 0.3) is 15.9 Å². The van der Waals surface area contributed by atoms with E-state index in [1.807, 2.05) is 22.7 Å². The van der Waals surface area contributed by atoms with E-state index in [9.17, 15) is 4.79 Å². The minimum atomic E-state index is 0.0293. The van der Waals surface area contributed by atoms with E-state index < -0.39 is 0 Å². The van der Waals surface area contributed by atoms with Crippen molar-refractivity contribution in [3.05, 3.63) is 36.0 Å². The van der Waals surface area contributed by atoms with Crippen LogP contribution >= 0.6 is 23.1 Å². The second kappa shape index (κ2) is 8.20. The molecule has 1 amide bonds. The lowest BCUT2D eigenvalue weighted by atomic mass is 10.2. The van der Waals surface area contributed by atoms with Gasteiger partial charge in [-0.1, -0.05) is 11.3 Å². The van der Waals surface area contributed by atoms with Crippen molar-refractivity contribution in [2.24, 2.45) is 0 Å². The molecule has 1 aromatic carbocycles. The monoisotopic (exact) mass is 518 g/mol. The molecule has 2 saturated heterocycles. The van der Waals surface area contributed by atoms with Gasteiger partial charge >= 0.3 is 0 Å². The second-order valence-electron chi connectivity index (χ2n) is 10.5. The number of hydrogen-bond acceptors (Lipinski definition) is 9. The molecule has 0 unspecified atom stereocenters. The summed E-state index contributed by atoms with van der Waals surface area (Å²) in [5, 5.41) is 17.9. The first-order chi connectivity index (χ1) is 17.7. The third kappa shape index (κ3) is 3.89. The van der Waals surface area contributed by atoms with E-state index in [1.165, 1.54) is 43.4 Å². The standard InChI is InChI=1S/C25H26N8OS2/c34-23(13-31-11-17-9-16(31)12-32(17)15-3-4-15)27-24-26-20-6-5-18(10-21(20)36-24)35-25-29-28-22-8-7-19(14-1-2-14)30-33(22)25/h5-8,10,14-17H,1-4,9,11-13H2,(H,26,27,34)/t16-,17+/m1/s1. The molecule has 5 heterocycles. The molecule has 9 nitrogen and oxygen atoms in total. The number of aromatic nitrogens is 5. The lowest BCUT2D eigenvalue weighted by molar-refractivity contribution is -0.117. The van der Waals surface area contributed by atoms with Gasteiger partial charge in [0, 0.05) is 42.0 Å². The van der Waals surface area contributed by atoms with Gasteiger partial charge in [-0.15, -0.1) is 10.2 Å². The molecule has 8 rings (SSSR count). The first-order valence-corrected chi connectivity index (χ1v) is 14.4. The van der Waals surface area contributed by atoms with Gasteiger partial charge in [-0.2, -0.15) is 9.61 Å². The van der Waals surface area contributed by atoms with Gasteiger partial charge in [-0.3, -0.25) is 14.6 Å². The Morgan fingerprint density at radius 3 is 2.78 bits per heavy atom. The zero-order valence-electron chi connectivity index (χ0n) is 19.7. The molecule has 2 aliphatic carbocycles. The van der Waals surface area contributed by atoms with Crippen LogP contribution in [-0.4, -0.2) is 78.3 Å². The van der Waals surface area contributed by atoms with Gasteiger partial charge in [-0.05, 0) is 74.2 Å². The number of thiazole rings is 1. The minimum Gasteiger partial charge on any atom is -0.301 e. The van der Waals surface area contributed by atoms with Crippen LogP contribution in [0.3, 0.4) is 0 Å². The molecule has 1 N–H and O–H groups in total. The number of rotatable bonds is 7. The molecule has 2 bridgehead atoms. The van der Waals surface area contributed by atoms with Crippen molar-refractivity contribution in [3.8, 4) is 0 Å². The van der Waals surface area contributed by atoms with Gasteiger partial charge in [0.1, 0.15) is 0 Å². The zero-order chi connectivity index (χ0) is 23.8. The van der Waals surface area contributed by atoms with E-state index in [1.54, 1.807) is 11.8 Å². The number of fused-ring (bicyclic) bond motifs is 4. The molecular weight excluding hydrogens is 492 g/mol. The Labute approximate surface area is 216 Å². The molecule has 184 valence electrons. The van der Waals surface area contributed by atoms with Crippen LogP contribution in [0, 0.1) is 0 Å². The molecule has 2 atom stereocenters. The van der Waals surface area contributed by atoms with Crippen molar-refractivity contribution in [2.75, 3.05) is 25.0 Å². The molecule has 0 spiro atoms. The van der Waals surface area contributed by atoms with E-state index in [-0.39, 0.29) is 5.91 Å². The summed E-state index contributed by atoms with van der Waals surface area (Å²) >= 11 is 3.06. The molecule has 4 aromatic rings. The molecule has 4 fully saturated rings. The summed E-state index contributed by atoms with van der Waals surface area (Å²) in [4.78, 5) is 23.5. The van der Waals surface area contributed by atoms with Gasteiger partial charge in [0.15, 0.2) is 10.8 Å². The molecule has 36 heavy (non-hydrogen) atoms. The van der Waals surface area contributed by atoms with Crippen LogP contribution in [0.1, 0.15) is 43.7 Å². The molecule has 2 aliphatic heterocycles. The summed E-state index contributed by atoms with van der Waals surface area (Å²) in [5.41, 5.74) is 2.77. The Bertz CT molecular complexity index is 1490. The number of carbonyl (C=O) groups is 1. The Kier molecular flexibility index (Phi) is 4.90. The topological polar surface area (TPSA) is 91.5 Å². The Morgan fingerprint density at radius 2 is 1.97 bits per heavy atom. The fourth-order valence-electron chi connectivity index (χ4n) is 5.74. The highest BCUT2D eigenvalue weighted by atomic mass is 32.2. The summed E-state index contributed by atoms with van der Waals surface area (Å²) in [6.07, 6.45) is 6.35. The molecule has 2 saturated carbocycles. The first kappa shape index (κ1) is 21.5. The van der Waals surface area contributed by atoms with Crippen LogP contribution in [0.2, 0.25) is 0 Å². The van der Waals surface area contributed by atoms with Crippen LogP contribution in [0.4, 0.5) is 5.13 Å². The van der Waals surface area contributed by atoms with Crippen LogP contribution < -0.4 is 5.32 Å². The number of nitrogens with one attached hydrogen (secondary N) is 1. The van der Waals surface area contributed by atoms with E-state index in [0.29, 0.717) is 29.7 Å². The normalized spacial score (nSPS) is 24.3. The van der Waals surface area contributed by atoms with Gasteiger partial charge in [-0.25, -0.2) is 4.98 Å². The summed E-state index contributed by atoms with van der Waals surface area (Å²) in [7, 11) is 0. The summed E-state index contributed by atoms with van der Waals surface area (Å²) in [5.74, 6) is 0.608. The SMILES string of the molecule is O=C(CN1C[C@@H]2C[C@@H]1CN2C1CC1)Nc1nc2ccc(Sc3nnc4ccc(C5CC5)nn34)cc2s1. The van der Waals surface area contributed by atoms with E-state index in [2.05, 4.69) is 42.4 Å². The van der Waals surface area contributed by atoms with Crippen molar-refractivity contribution >= 4 is 50.0 Å². The van der Waals surface area contributed by atoms with Crippen molar-refractivity contribution in [1.82, 2.24) is 34.6 Å². The average Bonchev–Trinajstić information content (AvgIpc) is 3.76. The molecule has 11 heteroatoms. The number of likely N-dealkylation sites (tertiary alicyclic amines) is 2. The van der Waals surface area contributed by atoms with Gasteiger partial charge < -0.3 is 5.32 Å². The maximum absolute atomic E-state index is 12.8. The van der Waals surface area contributed by atoms with Crippen LogP contribution in [0.15, 0.2) is 40.4 Å². The van der Waals surface area contributed by atoms with E-state index >= 15 is 0 Å². The van der Waals surface area contributed by atoms with Gasteiger partial charge in [0.05, 0.1) is 22.5 Å². The second-order valence-corrected chi connectivity index (χ2v) is 12.6. The number of carbonyl (C=O) groups excluding carboxylic acids is 1. The van der Waals surface area contributed by atoms with E-state index in [0.717, 1.165) is 50.7 Å². The van der Waals surface area contributed by atoms with Crippen molar-refractivity contribution in [1.29, 1.82) is 0 Å². The molecule has 4 aliphatic rings. The quantitative estimate of drug-likeness (QED) is 0.397. The first-order valence-electron chi connectivity index (χ1n) is 12.8. The van der Waals surface area contributed by atoms with Crippen molar-refractivity contribution in [2.45, 2.75) is 66.2 Å². The Balaban J connectivity index is 0.948. The highest BCUT2D eigenvalue weighted by molar-refractivity contribution is 7.99. The lowest BCUT2D eigenvalue weighted by Gasteiger charge is -2.33. The smallest absolute Gasteiger partial charge is 0.240 e. The highest BCUT2D eigenvalue weighted by Crippen LogP contribution is 2.40. The highest BCUT2D eigenvalue weighted by Gasteiger charge is 2.48. The third-order valence-corrected chi connectivity index (χ3v) is 9.69. The van der Waals surface area contributed by atoms with E-state index in [4.69, 9.17) is 5.10 Å². The van der Waals surface area contributed by atoms with Crippen molar-refractivity contribution in [3.63, 3.8) is 0 Å². The number of amides is 1. The summed E-state index contributed by atoms with van der Waals surface area (Å²) in [6, 6.07) is 12.2. The molecule has 3 aromatic heterocycles. The number of piperazine rings is 1. The number of hydrogen-bond donors (Lipinski definition) is 1. The zero-order valence-corrected chi connectivity index (χ0v) is 21.3. The van der Waals surface area contributed by atoms with Gasteiger partial charge in [0.2, 0.25) is 11.1 Å². The summed E-state index contributed by atoms with van der Waals surface area (Å²) < 4.78 is 2.88. The summed E-state index contributed by atoms with van der Waals surface area (Å²) in [6.45, 7) is 2.60. The molecule has 0 radical (unpaired) electrons. The minimum absolute atomic E-state index is 0.0293. The van der Waals surface area contributed by atoms with Crippen LogP contribution in [-0.2, 0) is 4.79 Å². The largest absolute Gasteiger partial charge is 0.301 e. The number of nitrogens with zero attached hydrogens (tertiary/aromatic N) is 7. The van der Waals surface area contributed by atoms with Crippen LogP contribution in [0.5, 0.6) is 0 Å². The predicted octanol–water partition coefficient (Wildman–Crippen LogP) is 3.62. The van der Waals surface area contributed by atoms with Crippen molar-refractivity contribution < 1.29 is 4.79 Å². The number of anilines is 1. The van der Waals surface area contributed by atoms with Gasteiger partial charge in [0.25, 0.3) is 0 Å². The lowest BCUT2D eigenvalue weighted by Crippen LogP contribution is -2.49. The fraction of sp³-hybridized carbons (Fsp3) is 0.480.